The van der Waals surface area contributed by atoms with Crippen molar-refractivity contribution < 1.29 is 5.11 Å². The summed E-state index contributed by atoms with van der Waals surface area (Å²) in [6, 6.07) is 0. The summed E-state index contributed by atoms with van der Waals surface area (Å²) in [4.78, 5) is 0. The van der Waals surface area contributed by atoms with Crippen LogP contribution in [0.2, 0.25) is 0 Å². The van der Waals surface area contributed by atoms with Gasteiger partial charge < -0.3 is 5.11 Å². The maximum atomic E-state index is 9.11. The normalized spacial score (nSPS) is 34.6. The van der Waals surface area contributed by atoms with Crippen LogP contribution >= 0.6 is 0 Å². The van der Waals surface area contributed by atoms with Crippen molar-refractivity contribution in [3.05, 3.63) is 11.6 Å². The van der Waals surface area contributed by atoms with Gasteiger partial charge in [-0.3, -0.25) is 0 Å². The van der Waals surface area contributed by atoms with E-state index in [4.69, 9.17) is 5.11 Å². The van der Waals surface area contributed by atoms with Crippen LogP contribution in [0, 0.1) is 17.3 Å². The molecular weight excluding hydrogens is 148 g/mol. The van der Waals surface area contributed by atoms with Crippen LogP contribution in [-0.2, 0) is 0 Å². The van der Waals surface area contributed by atoms with E-state index in [2.05, 4.69) is 33.8 Å². The van der Waals surface area contributed by atoms with Gasteiger partial charge in [0.15, 0.2) is 0 Å². The highest BCUT2D eigenvalue weighted by Gasteiger charge is 2.35. The topological polar surface area (TPSA) is 20.2 Å². The molecule has 70 valence electrons. The fourth-order valence-electron chi connectivity index (χ4n) is 1.91. The first-order valence-corrected chi connectivity index (χ1v) is 4.80. The van der Waals surface area contributed by atoms with Gasteiger partial charge in [0.2, 0.25) is 0 Å². The SMILES string of the molecule is C[C@@H]1C(CO)=CC[C@H](C)C1(C)C. The Morgan fingerprint density at radius 2 is 2.08 bits per heavy atom. The molecule has 0 saturated carbocycles. The number of rotatable bonds is 1. The van der Waals surface area contributed by atoms with Crippen molar-refractivity contribution >= 4 is 0 Å². The highest BCUT2D eigenvalue weighted by molar-refractivity contribution is 5.15. The maximum Gasteiger partial charge on any atom is 0.0644 e. The average molecular weight is 168 g/mol. The van der Waals surface area contributed by atoms with Crippen molar-refractivity contribution in [1.29, 1.82) is 0 Å². The quantitative estimate of drug-likeness (QED) is 0.597. The molecule has 12 heavy (non-hydrogen) atoms. The number of hydrogen-bond donors (Lipinski definition) is 1. The van der Waals surface area contributed by atoms with Crippen LogP contribution in [0.3, 0.4) is 0 Å². The smallest absolute Gasteiger partial charge is 0.0644 e. The second-order valence-electron chi connectivity index (χ2n) is 4.62. The second kappa shape index (κ2) is 3.21. The molecule has 0 aromatic rings. The summed E-state index contributed by atoms with van der Waals surface area (Å²) in [6.45, 7) is 9.34. The standard InChI is InChI=1S/C11H20O/c1-8-5-6-10(7-12)9(2)11(8,3)4/h6,8-9,12H,5,7H2,1-4H3/t8-,9+/m0/s1. The lowest BCUT2D eigenvalue weighted by Gasteiger charge is -2.42. The molecule has 0 aliphatic heterocycles. The Morgan fingerprint density at radius 1 is 1.50 bits per heavy atom. The molecule has 0 aromatic carbocycles. The van der Waals surface area contributed by atoms with E-state index >= 15 is 0 Å². The summed E-state index contributed by atoms with van der Waals surface area (Å²) < 4.78 is 0. The van der Waals surface area contributed by atoms with Crippen molar-refractivity contribution in [2.24, 2.45) is 17.3 Å². The summed E-state index contributed by atoms with van der Waals surface area (Å²) in [5.41, 5.74) is 1.56. The molecule has 0 bridgehead atoms. The monoisotopic (exact) mass is 168 g/mol. The highest BCUT2D eigenvalue weighted by Crippen LogP contribution is 2.44. The third-order valence-electron chi connectivity index (χ3n) is 3.86. The minimum absolute atomic E-state index is 0.233. The van der Waals surface area contributed by atoms with E-state index in [1.807, 2.05) is 0 Å². The molecule has 1 aliphatic rings. The summed E-state index contributed by atoms with van der Waals surface area (Å²) in [7, 11) is 0. The molecule has 0 fully saturated rings. The zero-order valence-electron chi connectivity index (χ0n) is 8.59. The zero-order chi connectivity index (χ0) is 9.35. The third kappa shape index (κ3) is 1.42. The fraction of sp³-hybridized carbons (Fsp3) is 0.818. The lowest BCUT2D eigenvalue weighted by atomic mass is 9.64. The number of aliphatic hydroxyl groups is 1. The minimum atomic E-state index is 0.233. The van der Waals surface area contributed by atoms with Crippen LogP contribution in [0.5, 0.6) is 0 Å². The average Bonchev–Trinajstić information content (AvgIpc) is 2.02. The van der Waals surface area contributed by atoms with Gasteiger partial charge in [-0.05, 0) is 29.2 Å². The lowest BCUT2D eigenvalue weighted by Crippen LogP contribution is -2.34. The number of aliphatic hydroxyl groups excluding tert-OH is 1. The molecule has 2 atom stereocenters. The second-order valence-corrected chi connectivity index (χ2v) is 4.62. The Kier molecular flexibility index (Phi) is 2.62. The predicted octanol–water partition coefficient (Wildman–Crippen LogP) is 2.61. The molecule has 1 heteroatoms. The van der Waals surface area contributed by atoms with Crippen LogP contribution in [-0.4, -0.2) is 11.7 Å². The first-order chi connectivity index (χ1) is 5.50. The largest absolute Gasteiger partial charge is 0.392 e. The predicted molar refractivity (Wildman–Crippen MR) is 51.9 cm³/mol. The number of hydrogen-bond acceptors (Lipinski definition) is 1. The van der Waals surface area contributed by atoms with Crippen LogP contribution in [0.15, 0.2) is 11.6 Å². The van der Waals surface area contributed by atoms with Crippen molar-refractivity contribution in [2.45, 2.75) is 34.1 Å². The Balaban J connectivity index is 2.88. The van der Waals surface area contributed by atoms with Gasteiger partial charge >= 0.3 is 0 Å². The first kappa shape index (κ1) is 9.79. The maximum absolute atomic E-state index is 9.11. The van der Waals surface area contributed by atoms with E-state index in [-0.39, 0.29) is 6.61 Å². The molecular formula is C11H20O. The lowest BCUT2D eigenvalue weighted by molar-refractivity contribution is 0.136. The highest BCUT2D eigenvalue weighted by atomic mass is 16.3. The molecule has 1 N–H and O–H groups in total. The molecule has 0 aromatic heterocycles. The number of allylic oxidation sites excluding steroid dienone is 1. The van der Waals surface area contributed by atoms with Gasteiger partial charge in [-0.25, -0.2) is 0 Å². The third-order valence-corrected chi connectivity index (χ3v) is 3.86. The van der Waals surface area contributed by atoms with Gasteiger partial charge in [-0.1, -0.05) is 33.8 Å². The van der Waals surface area contributed by atoms with Gasteiger partial charge in [0.25, 0.3) is 0 Å². The Labute approximate surface area is 75.5 Å². The van der Waals surface area contributed by atoms with E-state index in [9.17, 15) is 0 Å². The van der Waals surface area contributed by atoms with E-state index in [1.165, 1.54) is 5.57 Å². The Hall–Kier alpha value is -0.300. The van der Waals surface area contributed by atoms with E-state index in [0.29, 0.717) is 11.3 Å². The van der Waals surface area contributed by atoms with Crippen molar-refractivity contribution in [2.75, 3.05) is 6.61 Å². The molecule has 0 saturated heterocycles. The van der Waals surface area contributed by atoms with E-state index in [0.717, 1.165) is 12.3 Å². The van der Waals surface area contributed by atoms with Crippen molar-refractivity contribution in [1.82, 2.24) is 0 Å². The molecule has 0 amide bonds. The molecule has 1 rings (SSSR count). The molecule has 0 heterocycles. The van der Waals surface area contributed by atoms with Gasteiger partial charge in [-0.2, -0.15) is 0 Å². The van der Waals surface area contributed by atoms with Crippen LogP contribution in [0.1, 0.15) is 34.1 Å². The molecule has 0 spiro atoms. The molecule has 1 aliphatic carbocycles. The molecule has 1 nitrogen and oxygen atoms in total. The minimum Gasteiger partial charge on any atom is -0.392 e. The summed E-state index contributed by atoms with van der Waals surface area (Å²) in [6.07, 6.45) is 3.33. The fourth-order valence-corrected chi connectivity index (χ4v) is 1.91. The summed E-state index contributed by atoms with van der Waals surface area (Å²) >= 11 is 0. The van der Waals surface area contributed by atoms with E-state index in [1.54, 1.807) is 0 Å². The summed E-state index contributed by atoms with van der Waals surface area (Å²) in [5, 5.41) is 9.11. The molecule has 0 radical (unpaired) electrons. The summed E-state index contributed by atoms with van der Waals surface area (Å²) in [5.74, 6) is 1.24. The van der Waals surface area contributed by atoms with Crippen LogP contribution in [0.4, 0.5) is 0 Å². The molecule has 0 unspecified atom stereocenters. The van der Waals surface area contributed by atoms with Gasteiger partial charge in [0, 0.05) is 0 Å². The Bertz CT molecular complexity index is 191. The van der Waals surface area contributed by atoms with E-state index < -0.39 is 0 Å². The van der Waals surface area contributed by atoms with Gasteiger partial charge in [0.05, 0.1) is 6.61 Å². The van der Waals surface area contributed by atoms with Crippen molar-refractivity contribution in [3.8, 4) is 0 Å². The zero-order valence-corrected chi connectivity index (χ0v) is 8.59. The van der Waals surface area contributed by atoms with Gasteiger partial charge in [0.1, 0.15) is 0 Å². The first-order valence-electron chi connectivity index (χ1n) is 4.80. The van der Waals surface area contributed by atoms with Crippen molar-refractivity contribution in [3.63, 3.8) is 0 Å². The van der Waals surface area contributed by atoms with Gasteiger partial charge in [-0.15, -0.1) is 0 Å². The van der Waals surface area contributed by atoms with Crippen LogP contribution in [0.25, 0.3) is 0 Å². The van der Waals surface area contributed by atoms with Crippen LogP contribution < -0.4 is 0 Å². The Morgan fingerprint density at radius 3 is 2.58 bits per heavy atom.